The van der Waals surface area contributed by atoms with Crippen molar-refractivity contribution in [1.29, 1.82) is 0 Å². The van der Waals surface area contributed by atoms with Crippen molar-refractivity contribution in [2.75, 3.05) is 58.9 Å². The molecule has 0 unspecified atom stereocenters. The lowest BCUT2D eigenvalue weighted by Gasteiger charge is -2.38. The zero-order valence-corrected chi connectivity index (χ0v) is 17.5. The fourth-order valence-corrected chi connectivity index (χ4v) is 4.14. The summed E-state index contributed by atoms with van der Waals surface area (Å²) in [7, 11) is 0. The molecule has 3 heterocycles. The molecule has 0 radical (unpaired) electrons. The molecule has 1 aromatic rings. The van der Waals surface area contributed by atoms with Gasteiger partial charge in [-0.05, 0) is 38.8 Å². The van der Waals surface area contributed by atoms with Crippen molar-refractivity contribution in [2.24, 2.45) is 5.92 Å². The van der Waals surface area contributed by atoms with Crippen LogP contribution < -0.4 is 0 Å². The normalized spacial score (nSPS) is 18.7. The third-order valence-corrected chi connectivity index (χ3v) is 6.02. The Balaban J connectivity index is 1.42. The van der Waals surface area contributed by atoms with E-state index in [4.69, 9.17) is 4.42 Å². The van der Waals surface area contributed by atoms with E-state index in [0.29, 0.717) is 51.3 Å². The molecule has 3 rings (SSSR count). The summed E-state index contributed by atoms with van der Waals surface area (Å²) in [6, 6.07) is 3.38. The molecular weight excluding hydrogens is 372 g/mol. The number of furan rings is 1. The lowest BCUT2D eigenvalue weighted by molar-refractivity contribution is -0.139. The van der Waals surface area contributed by atoms with Crippen LogP contribution in [-0.4, -0.2) is 96.2 Å². The largest absolute Gasteiger partial charge is 0.459 e. The van der Waals surface area contributed by atoms with Crippen LogP contribution in [-0.2, 0) is 9.59 Å². The number of amides is 3. The van der Waals surface area contributed by atoms with Crippen molar-refractivity contribution in [3.63, 3.8) is 0 Å². The molecule has 3 amide bonds. The molecular formula is C21H32N4O4. The Kier molecular flexibility index (Phi) is 7.30. The second-order valence-electron chi connectivity index (χ2n) is 7.71. The minimum Gasteiger partial charge on any atom is -0.459 e. The molecule has 0 saturated carbocycles. The SMILES string of the molecule is CCN(CC)C(=O)CN1CCN(C(=O)C2CCN(C(=O)c3ccco3)CC2)CC1. The van der Waals surface area contributed by atoms with Crippen LogP contribution in [0.15, 0.2) is 22.8 Å². The average molecular weight is 405 g/mol. The van der Waals surface area contributed by atoms with Crippen molar-refractivity contribution < 1.29 is 18.8 Å². The molecule has 0 aromatic carbocycles. The number of hydrogen-bond acceptors (Lipinski definition) is 5. The smallest absolute Gasteiger partial charge is 0.289 e. The van der Waals surface area contributed by atoms with Gasteiger partial charge in [0.15, 0.2) is 5.76 Å². The van der Waals surface area contributed by atoms with Gasteiger partial charge in [-0.15, -0.1) is 0 Å². The molecule has 2 aliphatic heterocycles. The van der Waals surface area contributed by atoms with Gasteiger partial charge in [-0.1, -0.05) is 0 Å². The van der Waals surface area contributed by atoms with Crippen LogP contribution in [0.1, 0.15) is 37.2 Å². The van der Waals surface area contributed by atoms with E-state index < -0.39 is 0 Å². The van der Waals surface area contributed by atoms with E-state index in [2.05, 4.69) is 4.90 Å². The van der Waals surface area contributed by atoms with Gasteiger partial charge in [0.25, 0.3) is 5.91 Å². The zero-order chi connectivity index (χ0) is 20.8. The van der Waals surface area contributed by atoms with Crippen molar-refractivity contribution in [1.82, 2.24) is 19.6 Å². The first-order chi connectivity index (χ1) is 14.0. The van der Waals surface area contributed by atoms with Crippen LogP contribution in [0.2, 0.25) is 0 Å². The van der Waals surface area contributed by atoms with Gasteiger partial charge in [-0.25, -0.2) is 0 Å². The van der Waals surface area contributed by atoms with E-state index in [-0.39, 0.29) is 23.6 Å². The lowest BCUT2D eigenvalue weighted by Crippen LogP contribution is -2.53. The van der Waals surface area contributed by atoms with E-state index in [9.17, 15) is 14.4 Å². The quantitative estimate of drug-likeness (QED) is 0.711. The van der Waals surface area contributed by atoms with Crippen molar-refractivity contribution in [3.8, 4) is 0 Å². The van der Waals surface area contributed by atoms with Crippen LogP contribution in [0.5, 0.6) is 0 Å². The standard InChI is InChI=1S/C21H32N4O4/c1-3-23(4-2)19(26)16-22-11-13-25(14-12-22)20(27)17-7-9-24(10-8-17)21(28)18-6-5-15-29-18/h5-6,15,17H,3-4,7-14,16H2,1-2H3. The Morgan fingerprint density at radius 2 is 1.66 bits per heavy atom. The summed E-state index contributed by atoms with van der Waals surface area (Å²) >= 11 is 0. The van der Waals surface area contributed by atoms with Crippen LogP contribution in [0.4, 0.5) is 0 Å². The van der Waals surface area contributed by atoms with Gasteiger partial charge in [0, 0.05) is 58.3 Å². The molecule has 0 aliphatic carbocycles. The molecule has 8 heteroatoms. The van der Waals surface area contributed by atoms with E-state index in [1.54, 1.807) is 17.0 Å². The van der Waals surface area contributed by atoms with Crippen LogP contribution in [0.3, 0.4) is 0 Å². The zero-order valence-electron chi connectivity index (χ0n) is 17.5. The summed E-state index contributed by atoms with van der Waals surface area (Å²) in [5, 5.41) is 0. The summed E-state index contributed by atoms with van der Waals surface area (Å²) in [4.78, 5) is 45.2. The molecule has 8 nitrogen and oxygen atoms in total. The van der Waals surface area contributed by atoms with Crippen molar-refractivity contribution >= 4 is 17.7 Å². The topological polar surface area (TPSA) is 77.3 Å². The number of nitrogens with zero attached hydrogens (tertiary/aromatic N) is 4. The number of piperazine rings is 1. The van der Waals surface area contributed by atoms with Gasteiger partial charge >= 0.3 is 0 Å². The first-order valence-corrected chi connectivity index (χ1v) is 10.6. The number of rotatable bonds is 6. The monoisotopic (exact) mass is 404 g/mol. The molecule has 1 aromatic heterocycles. The molecule has 2 saturated heterocycles. The number of likely N-dealkylation sites (N-methyl/N-ethyl adjacent to an activating group) is 1. The average Bonchev–Trinajstić information content (AvgIpc) is 3.29. The van der Waals surface area contributed by atoms with E-state index in [1.807, 2.05) is 23.6 Å². The highest BCUT2D eigenvalue weighted by Gasteiger charge is 2.32. The molecule has 0 bridgehead atoms. The molecule has 2 fully saturated rings. The third-order valence-electron chi connectivity index (χ3n) is 6.02. The molecule has 0 atom stereocenters. The Morgan fingerprint density at radius 3 is 2.21 bits per heavy atom. The molecule has 0 N–H and O–H groups in total. The first-order valence-electron chi connectivity index (χ1n) is 10.6. The number of carbonyl (C=O) groups is 3. The highest BCUT2D eigenvalue weighted by molar-refractivity contribution is 5.91. The van der Waals surface area contributed by atoms with Gasteiger partial charge in [-0.2, -0.15) is 0 Å². The number of piperidine rings is 1. The summed E-state index contributed by atoms with van der Waals surface area (Å²) in [5.41, 5.74) is 0. The number of hydrogen-bond donors (Lipinski definition) is 0. The second-order valence-corrected chi connectivity index (χ2v) is 7.71. The van der Waals surface area contributed by atoms with E-state index in [1.165, 1.54) is 6.26 Å². The van der Waals surface area contributed by atoms with Gasteiger partial charge in [0.1, 0.15) is 0 Å². The van der Waals surface area contributed by atoms with Crippen LogP contribution in [0, 0.1) is 5.92 Å². The fraction of sp³-hybridized carbons (Fsp3) is 0.667. The minimum absolute atomic E-state index is 0.0282. The second kappa shape index (κ2) is 9.91. The minimum atomic E-state index is -0.104. The summed E-state index contributed by atoms with van der Waals surface area (Å²) in [6.07, 6.45) is 2.87. The van der Waals surface area contributed by atoms with Gasteiger partial charge in [0.05, 0.1) is 12.8 Å². The van der Waals surface area contributed by atoms with Crippen LogP contribution in [0.25, 0.3) is 0 Å². The van der Waals surface area contributed by atoms with Gasteiger partial charge in [-0.3, -0.25) is 19.3 Å². The maximum absolute atomic E-state index is 12.9. The van der Waals surface area contributed by atoms with Gasteiger partial charge < -0.3 is 19.1 Å². The van der Waals surface area contributed by atoms with E-state index >= 15 is 0 Å². The summed E-state index contributed by atoms with van der Waals surface area (Å²) < 4.78 is 5.19. The Labute approximate surface area is 172 Å². The summed E-state index contributed by atoms with van der Waals surface area (Å²) in [6.45, 7) is 9.81. The number of likely N-dealkylation sites (tertiary alicyclic amines) is 1. The number of carbonyl (C=O) groups excluding carboxylic acids is 3. The molecule has 0 spiro atoms. The maximum atomic E-state index is 12.9. The van der Waals surface area contributed by atoms with E-state index in [0.717, 1.165) is 26.2 Å². The Hall–Kier alpha value is -2.35. The molecule has 29 heavy (non-hydrogen) atoms. The highest BCUT2D eigenvalue weighted by Crippen LogP contribution is 2.22. The van der Waals surface area contributed by atoms with Gasteiger partial charge in [0.2, 0.25) is 11.8 Å². The molecule has 160 valence electrons. The molecule has 2 aliphatic rings. The predicted molar refractivity (Wildman–Crippen MR) is 108 cm³/mol. The Morgan fingerprint density at radius 1 is 1.00 bits per heavy atom. The van der Waals surface area contributed by atoms with Crippen molar-refractivity contribution in [3.05, 3.63) is 24.2 Å². The van der Waals surface area contributed by atoms with Crippen molar-refractivity contribution in [2.45, 2.75) is 26.7 Å². The highest BCUT2D eigenvalue weighted by atomic mass is 16.3. The summed E-state index contributed by atoms with van der Waals surface area (Å²) in [5.74, 6) is 0.560. The maximum Gasteiger partial charge on any atom is 0.289 e. The third kappa shape index (κ3) is 5.18. The lowest BCUT2D eigenvalue weighted by atomic mass is 9.94. The Bertz CT molecular complexity index is 686. The first kappa shape index (κ1) is 21.4. The predicted octanol–water partition coefficient (Wildman–Crippen LogP) is 1.14. The fourth-order valence-electron chi connectivity index (χ4n) is 4.14. The van der Waals surface area contributed by atoms with Crippen LogP contribution >= 0.6 is 0 Å².